The molecule has 1 aliphatic heterocycles. The number of amides is 1. The molecule has 1 amide bonds. The maximum atomic E-state index is 12.3. The van der Waals surface area contributed by atoms with Crippen LogP contribution in [0.3, 0.4) is 0 Å². The SMILES string of the molecule is COCCN1C(=O)CCCC(N)C1c1ccnn1C. The summed E-state index contributed by atoms with van der Waals surface area (Å²) in [5.74, 6) is 0.149. The van der Waals surface area contributed by atoms with Crippen LogP contribution in [0.2, 0.25) is 0 Å². The number of hydrogen-bond acceptors (Lipinski definition) is 4. The number of aryl methyl sites for hydroxylation is 1. The molecule has 2 unspecified atom stereocenters. The third kappa shape index (κ3) is 2.96. The minimum Gasteiger partial charge on any atom is -0.383 e. The Bertz CT molecular complexity index is 432. The van der Waals surface area contributed by atoms with Crippen molar-refractivity contribution in [2.24, 2.45) is 12.8 Å². The fraction of sp³-hybridized carbons (Fsp3) is 0.692. The quantitative estimate of drug-likeness (QED) is 0.858. The molecule has 6 heteroatoms. The summed E-state index contributed by atoms with van der Waals surface area (Å²) in [4.78, 5) is 14.1. The summed E-state index contributed by atoms with van der Waals surface area (Å²) in [6.07, 6.45) is 4.00. The second-order valence-electron chi connectivity index (χ2n) is 4.96. The van der Waals surface area contributed by atoms with Gasteiger partial charge in [-0.15, -0.1) is 0 Å². The second-order valence-corrected chi connectivity index (χ2v) is 4.96. The van der Waals surface area contributed by atoms with Gasteiger partial charge in [0.15, 0.2) is 0 Å². The first kappa shape index (κ1) is 14.0. The standard InChI is InChI=1S/C13H22N4O2/c1-16-11(6-7-15-16)13-10(14)4-3-5-12(18)17(13)8-9-19-2/h6-7,10,13H,3-5,8-9,14H2,1-2H3. The number of hydrogen-bond donors (Lipinski definition) is 1. The minimum atomic E-state index is -0.113. The number of aromatic nitrogens is 2. The van der Waals surface area contributed by atoms with Gasteiger partial charge in [-0.2, -0.15) is 5.10 Å². The lowest BCUT2D eigenvalue weighted by atomic mass is 10.0. The highest BCUT2D eigenvalue weighted by atomic mass is 16.5. The van der Waals surface area contributed by atoms with E-state index in [0.717, 1.165) is 18.5 Å². The Morgan fingerprint density at radius 1 is 1.58 bits per heavy atom. The van der Waals surface area contributed by atoms with Crippen LogP contribution >= 0.6 is 0 Å². The predicted molar refractivity (Wildman–Crippen MR) is 71.4 cm³/mol. The Balaban J connectivity index is 2.31. The molecule has 1 saturated heterocycles. The van der Waals surface area contributed by atoms with E-state index in [1.165, 1.54) is 0 Å². The second kappa shape index (κ2) is 6.16. The molecule has 2 atom stereocenters. The van der Waals surface area contributed by atoms with Crippen molar-refractivity contribution in [2.75, 3.05) is 20.3 Å². The zero-order valence-electron chi connectivity index (χ0n) is 11.6. The lowest BCUT2D eigenvalue weighted by Gasteiger charge is -2.33. The summed E-state index contributed by atoms with van der Waals surface area (Å²) >= 11 is 0. The molecular formula is C13H22N4O2. The summed E-state index contributed by atoms with van der Waals surface area (Å²) in [6, 6.07) is 1.76. The molecule has 19 heavy (non-hydrogen) atoms. The van der Waals surface area contributed by atoms with Crippen molar-refractivity contribution in [3.8, 4) is 0 Å². The van der Waals surface area contributed by atoms with E-state index < -0.39 is 0 Å². The molecular weight excluding hydrogens is 244 g/mol. The van der Waals surface area contributed by atoms with Crippen molar-refractivity contribution in [3.63, 3.8) is 0 Å². The fourth-order valence-corrected chi connectivity index (χ4v) is 2.68. The number of ether oxygens (including phenoxy) is 1. The Hall–Kier alpha value is -1.40. The molecule has 1 aromatic heterocycles. The highest BCUT2D eigenvalue weighted by molar-refractivity contribution is 5.77. The third-order valence-corrected chi connectivity index (χ3v) is 3.69. The zero-order chi connectivity index (χ0) is 13.8. The number of nitrogens with two attached hydrogens (primary N) is 1. The van der Waals surface area contributed by atoms with Crippen LogP contribution in [0.4, 0.5) is 0 Å². The van der Waals surface area contributed by atoms with Gasteiger partial charge in [0.2, 0.25) is 5.91 Å². The van der Waals surface area contributed by atoms with Gasteiger partial charge in [0.05, 0.1) is 18.3 Å². The van der Waals surface area contributed by atoms with Gasteiger partial charge in [0.25, 0.3) is 0 Å². The van der Waals surface area contributed by atoms with Gasteiger partial charge in [-0.3, -0.25) is 9.48 Å². The highest BCUT2D eigenvalue weighted by Gasteiger charge is 2.34. The molecule has 0 aromatic carbocycles. The predicted octanol–water partition coefficient (Wildman–Crippen LogP) is 0.447. The fourth-order valence-electron chi connectivity index (χ4n) is 2.68. The van der Waals surface area contributed by atoms with Crippen molar-refractivity contribution in [1.82, 2.24) is 14.7 Å². The molecule has 1 aliphatic rings. The molecule has 1 fully saturated rings. The van der Waals surface area contributed by atoms with Crippen molar-refractivity contribution >= 4 is 5.91 Å². The number of nitrogens with zero attached hydrogens (tertiary/aromatic N) is 3. The average molecular weight is 266 g/mol. The van der Waals surface area contributed by atoms with Gasteiger partial charge >= 0.3 is 0 Å². The van der Waals surface area contributed by atoms with E-state index in [1.54, 1.807) is 18.0 Å². The topological polar surface area (TPSA) is 73.4 Å². The Kier molecular flexibility index (Phi) is 4.55. The zero-order valence-corrected chi connectivity index (χ0v) is 11.6. The lowest BCUT2D eigenvalue weighted by molar-refractivity contribution is -0.134. The first-order valence-corrected chi connectivity index (χ1v) is 6.67. The average Bonchev–Trinajstić information content (AvgIpc) is 2.74. The number of carbonyl (C=O) groups excluding carboxylic acids is 1. The number of carbonyl (C=O) groups is 1. The molecule has 0 saturated carbocycles. The van der Waals surface area contributed by atoms with Gasteiger partial charge in [0, 0.05) is 39.4 Å². The maximum Gasteiger partial charge on any atom is 0.223 e. The van der Waals surface area contributed by atoms with Gasteiger partial charge in [0.1, 0.15) is 0 Å². The van der Waals surface area contributed by atoms with Crippen LogP contribution in [0.25, 0.3) is 0 Å². The monoisotopic (exact) mass is 266 g/mol. The number of likely N-dealkylation sites (tertiary alicyclic amines) is 1. The van der Waals surface area contributed by atoms with E-state index in [-0.39, 0.29) is 18.0 Å². The van der Waals surface area contributed by atoms with Gasteiger partial charge in [-0.1, -0.05) is 0 Å². The first-order valence-electron chi connectivity index (χ1n) is 6.67. The molecule has 6 nitrogen and oxygen atoms in total. The van der Waals surface area contributed by atoms with Crippen LogP contribution in [0.15, 0.2) is 12.3 Å². The Labute approximate surface area is 113 Å². The number of rotatable bonds is 4. The van der Waals surface area contributed by atoms with Crippen molar-refractivity contribution in [1.29, 1.82) is 0 Å². The minimum absolute atomic E-state index is 0.0568. The van der Waals surface area contributed by atoms with Crippen molar-refractivity contribution in [3.05, 3.63) is 18.0 Å². The maximum absolute atomic E-state index is 12.3. The molecule has 2 rings (SSSR count). The Morgan fingerprint density at radius 2 is 2.37 bits per heavy atom. The van der Waals surface area contributed by atoms with E-state index >= 15 is 0 Å². The van der Waals surface area contributed by atoms with Crippen LogP contribution in [0.5, 0.6) is 0 Å². The summed E-state index contributed by atoms with van der Waals surface area (Å²) in [5.41, 5.74) is 7.27. The lowest BCUT2D eigenvalue weighted by Crippen LogP contribution is -2.44. The van der Waals surface area contributed by atoms with Crippen LogP contribution in [0.1, 0.15) is 31.0 Å². The van der Waals surface area contributed by atoms with E-state index in [9.17, 15) is 4.79 Å². The van der Waals surface area contributed by atoms with Crippen molar-refractivity contribution < 1.29 is 9.53 Å². The smallest absolute Gasteiger partial charge is 0.223 e. The van der Waals surface area contributed by atoms with Crippen LogP contribution in [-0.4, -0.2) is 46.9 Å². The third-order valence-electron chi connectivity index (χ3n) is 3.69. The van der Waals surface area contributed by atoms with Crippen LogP contribution < -0.4 is 5.73 Å². The molecule has 0 bridgehead atoms. The van der Waals surface area contributed by atoms with E-state index in [2.05, 4.69) is 5.10 Å². The van der Waals surface area contributed by atoms with E-state index in [1.807, 2.05) is 18.0 Å². The summed E-state index contributed by atoms with van der Waals surface area (Å²) in [7, 11) is 3.52. The first-order chi connectivity index (χ1) is 9.15. The van der Waals surface area contributed by atoms with Gasteiger partial charge in [-0.05, 0) is 18.9 Å². The normalized spacial score (nSPS) is 24.6. The van der Waals surface area contributed by atoms with Crippen LogP contribution in [0, 0.1) is 0 Å². The summed E-state index contributed by atoms with van der Waals surface area (Å²) in [5, 5.41) is 4.19. The molecule has 2 heterocycles. The van der Waals surface area contributed by atoms with Crippen molar-refractivity contribution in [2.45, 2.75) is 31.3 Å². The summed E-state index contributed by atoms with van der Waals surface area (Å²) in [6.45, 7) is 1.09. The number of methoxy groups -OCH3 is 1. The molecule has 0 spiro atoms. The highest BCUT2D eigenvalue weighted by Crippen LogP contribution is 2.29. The van der Waals surface area contributed by atoms with Crippen LogP contribution in [-0.2, 0) is 16.6 Å². The molecule has 2 N–H and O–H groups in total. The van der Waals surface area contributed by atoms with E-state index in [0.29, 0.717) is 19.6 Å². The van der Waals surface area contributed by atoms with Gasteiger partial charge in [-0.25, -0.2) is 0 Å². The largest absolute Gasteiger partial charge is 0.383 e. The molecule has 0 aliphatic carbocycles. The Morgan fingerprint density at radius 3 is 3.00 bits per heavy atom. The molecule has 106 valence electrons. The van der Waals surface area contributed by atoms with E-state index in [4.69, 9.17) is 10.5 Å². The summed E-state index contributed by atoms with van der Waals surface area (Å²) < 4.78 is 6.90. The van der Waals surface area contributed by atoms with Gasteiger partial charge < -0.3 is 15.4 Å². The molecule has 1 aromatic rings. The molecule has 0 radical (unpaired) electrons.